The molecule has 0 aliphatic carbocycles. The summed E-state index contributed by atoms with van der Waals surface area (Å²) in [7, 11) is 0. The van der Waals surface area contributed by atoms with Crippen LogP contribution in [0.15, 0.2) is 18.6 Å². The van der Waals surface area contributed by atoms with Crippen LogP contribution in [0.5, 0.6) is 0 Å². The second kappa shape index (κ2) is 5.64. The van der Waals surface area contributed by atoms with Crippen molar-refractivity contribution in [3.05, 3.63) is 24.3 Å². The Morgan fingerprint density at radius 1 is 1.62 bits per heavy atom. The third-order valence-electron chi connectivity index (χ3n) is 3.36. The van der Waals surface area contributed by atoms with Crippen molar-refractivity contribution in [3.63, 3.8) is 0 Å². The van der Waals surface area contributed by atoms with Crippen molar-refractivity contribution in [2.24, 2.45) is 0 Å². The Bertz CT molecular complexity index is 317. The predicted molar refractivity (Wildman–Crippen MR) is 68.9 cm³/mol. The van der Waals surface area contributed by atoms with Crippen molar-refractivity contribution in [1.29, 1.82) is 0 Å². The van der Waals surface area contributed by atoms with E-state index in [0.29, 0.717) is 12.0 Å². The lowest BCUT2D eigenvalue weighted by molar-refractivity contribution is 0.169. The smallest absolute Gasteiger partial charge is 0.115 e. The van der Waals surface area contributed by atoms with Gasteiger partial charge in [0.1, 0.15) is 6.33 Å². The normalized spacial score (nSPS) is 24.2. The van der Waals surface area contributed by atoms with Gasteiger partial charge in [-0.05, 0) is 32.4 Å². The van der Waals surface area contributed by atoms with E-state index in [1.807, 2.05) is 12.3 Å². The Kier molecular flexibility index (Phi) is 4.18. The van der Waals surface area contributed by atoms with Gasteiger partial charge in [0, 0.05) is 36.1 Å². The van der Waals surface area contributed by atoms with Gasteiger partial charge in [-0.3, -0.25) is 4.90 Å². The van der Waals surface area contributed by atoms with Crippen LogP contribution in [0.4, 0.5) is 0 Å². The maximum Gasteiger partial charge on any atom is 0.115 e. The Morgan fingerprint density at radius 2 is 2.50 bits per heavy atom. The zero-order valence-electron chi connectivity index (χ0n) is 9.71. The molecule has 0 aromatic carbocycles. The van der Waals surface area contributed by atoms with E-state index in [2.05, 4.69) is 34.4 Å². The Balaban J connectivity index is 2.02. The number of hydrogen-bond donors (Lipinski definition) is 1. The van der Waals surface area contributed by atoms with Gasteiger partial charge in [-0.1, -0.05) is 0 Å². The maximum absolute atomic E-state index is 4.38. The predicted octanol–water partition coefficient (Wildman–Crippen LogP) is 1.97. The molecule has 2 unspecified atom stereocenters. The molecule has 1 fully saturated rings. The Hall–Kier alpha value is -0.610. The third kappa shape index (κ3) is 2.74. The fourth-order valence-corrected chi connectivity index (χ4v) is 2.54. The zero-order chi connectivity index (χ0) is 11.4. The minimum atomic E-state index is 0.563. The van der Waals surface area contributed by atoms with Gasteiger partial charge in [0.2, 0.25) is 0 Å². The molecule has 88 valence electrons. The first-order valence-electron chi connectivity index (χ1n) is 5.92. The van der Waals surface area contributed by atoms with Gasteiger partial charge in [0.15, 0.2) is 0 Å². The van der Waals surface area contributed by atoms with E-state index in [4.69, 9.17) is 0 Å². The van der Waals surface area contributed by atoms with Crippen LogP contribution in [0.2, 0.25) is 0 Å². The van der Waals surface area contributed by atoms with E-state index in [0.717, 1.165) is 12.3 Å². The molecule has 1 aromatic heterocycles. The fourth-order valence-electron chi connectivity index (χ4n) is 2.31. The summed E-state index contributed by atoms with van der Waals surface area (Å²) in [6.07, 6.45) is 5.99. The van der Waals surface area contributed by atoms with Crippen LogP contribution in [0.3, 0.4) is 0 Å². The minimum absolute atomic E-state index is 0.563. The summed E-state index contributed by atoms with van der Waals surface area (Å²) in [4.78, 5) is 10.9. The highest BCUT2D eigenvalue weighted by Crippen LogP contribution is 2.26. The molecule has 0 spiro atoms. The van der Waals surface area contributed by atoms with Crippen molar-refractivity contribution < 1.29 is 0 Å². The lowest BCUT2D eigenvalue weighted by Gasteiger charge is -2.36. The monoisotopic (exact) mass is 237 g/mol. The summed E-state index contributed by atoms with van der Waals surface area (Å²) in [5.41, 5.74) is 1.19. The van der Waals surface area contributed by atoms with Crippen LogP contribution in [0.1, 0.15) is 31.4 Å². The molecule has 0 bridgehead atoms. The van der Waals surface area contributed by atoms with Gasteiger partial charge < -0.3 is 0 Å². The standard InChI is InChI=1S/C12H19N3S/c1-10(8-16)15-6-2-3-11(7-15)12-4-5-13-9-14-12/h4-5,9-11,16H,2-3,6-8H2,1H3. The van der Waals surface area contributed by atoms with E-state index in [1.54, 1.807) is 6.33 Å². The molecule has 0 saturated carbocycles. The van der Waals surface area contributed by atoms with Crippen molar-refractivity contribution in [1.82, 2.24) is 14.9 Å². The highest BCUT2D eigenvalue weighted by atomic mass is 32.1. The third-order valence-corrected chi connectivity index (χ3v) is 3.89. The van der Waals surface area contributed by atoms with Gasteiger partial charge >= 0.3 is 0 Å². The topological polar surface area (TPSA) is 29.0 Å². The van der Waals surface area contributed by atoms with Crippen LogP contribution in [-0.4, -0.2) is 39.8 Å². The number of aromatic nitrogens is 2. The van der Waals surface area contributed by atoms with Crippen LogP contribution in [-0.2, 0) is 0 Å². The summed E-state index contributed by atoms with van der Waals surface area (Å²) in [6, 6.07) is 2.60. The Morgan fingerprint density at radius 3 is 3.19 bits per heavy atom. The first-order chi connectivity index (χ1) is 7.81. The highest BCUT2D eigenvalue weighted by Gasteiger charge is 2.24. The number of hydrogen-bond acceptors (Lipinski definition) is 4. The maximum atomic E-state index is 4.38. The molecule has 4 heteroatoms. The fraction of sp³-hybridized carbons (Fsp3) is 0.667. The van der Waals surface area contributed by atoms with Crippen molar-refractivity contribution in [2.45, 2.75) is 31.7 Å². The molecule has 3 nitrogen and oxygen atoms in total. The van der Waals surface area contributed by atoms with E-state index in [-0.39, 0.29) is 0 Å². The number of rotatable bonds is 3. The molecule has 0 radical (unpaired) electrons. The molecule has 0 amide bonds. The number of nitrogens with zero attached hydrogens (tertiary/aromatic N) is 3. The van der Waals surface area contributed by atoms with Crippen molar-refractivity contribution in [2.75, 3.05) is 18.8 Å². The molecular weight excluding hydrogens is 218 g/mol. The highest BCUT2D eigenvalue weighted by molar-refractivity contribution is 7.80. The molecule has 1 aliphatic rings. The number of thiol groups is 1. The molecule has 1 aromatic rings. The van der Waals surface area contributed by atoms with E-state index < -0.39 is 0 Å². The van der Waals surface area contributed by atoms with Gasteiger partial charge in [-0.25, -0.2) is 9.97 Å². The minimum Gasteiger partial charge on any atom is -0.299 e. The van der Waals surface area contributed by atoms with Crippen LogP contribution >= 0.6 is 12.6 Å². The summed E-state index contributed by atoms with van der Waals surface area (Å²) in [5, 5.41) is 0. The molecule has 16 heavy (non-hydrogen) atoms. The molecule has 2 atom stereocenters. The van der Waals surface area contributed by atoms with Crippen LogP contribution in [0.25, 0.3) is 0 Å². The summed E-state index contributed by atoms with van der Waals surface area (Å²) in [5.74, 6) is 1.50. The lowest BCUT2D eigenvalue weighted by Crippen LogP contribution is -2.41. The van der Waals surface area contributed by atoms with E-state index >= 15 is 0 Å². The molecule has 1 saturated heterocycles. The Labute approximate surface area is 103 Å². The average Bonchev–Trinajstić information content (AvgIpc) is 2.39. The molecule has 2 rings (SSSR count). The average molecular weight is 237 g/mol. The van der Waals surface area contributed by atoms with E-state index in [9.17, 15) is 0 Å². The number of piperidine rings is 1. The van der Waals surface area contributed by atoms with Crippen LogP contribution < -0.4 is 0 Å². The quantitative estimate of drug-likeness (QED) is 0.815. The molecular formula is C12H19N3S. The second-order valence-electron chi connectivity index (χ2n) is 4.50. The van der Waals surface area contributed by atoms with Gasteiger partial charge in [-0.15, -0.1) is 0 Å². The van der Waals surface area contributed by atoms with Crippen molar-refractivity contribution in [3.8, 4) is 0 Å². The van der Waals surface area contributed by atoms with E-state index in [1.165, 1.54) is 25.1 Å². The van der Waals surface area contributed by atoms with Crippen molar-refractivity contribution >= 4 is 12.6 Å². The molecule has 0 N–H and O–H groups in total. The first-order valence-corrected chi connectivity index (χ1v) is 6.55. The number of likely N-dealkylation sites (tertiary alicyclic amines) is 1. The summed E-state index contributed by atoms with van der Waals surface area (Å²) < 4.78 is 0. The lowest BCUT2D eigenvalue weighted by atomic mass is 9.94. The first kappa shape index (κ1) is 11.9. The van der Waals surface area contributed by atoms with Crippen LogP contribution in [0, 0.1) is 0 Å². The SMILES string of the molecule is CC(CS)N1CCCC(c2ccncn2)C1. The zero-order valence-corrected chi connectivity index (χ0v) is 10.6. The largest absolute Gasteiger partial charge is 0.299 e. The summed E-state index contributed by atoms with van der Waals surface area (Å²) in [6.45, 7) is 4.55. The van der Waals surface area contributed by atoms with Gasteiger partial charge in [0.05, 0.1) is 0 Å². The molecule has 1 aliphatic heterocycles. The summed E-state index contributed by atoms with van der Waals surface area (Å²) >= 11 is 4.38. The van der Waals surface area contributed by atoms with Gasteiger partial charge in [0.25, 0.3) is 0 Å². The second-order valence-corrected chi connectivity index (χ2v) is 4.87. The molecule has 2 heterocycles. The van der Waals surface area contributed by atoms with Gasteiger partial charge in [-0.2, -0.15) is 12.6 Å².